The van der Waals surface area contributed by atoms with Gasteiger partial charge in [0.2, 0.25) is 23.7 Å². The van der Waals surface area contributed by atoms with Crippen LogP contribution in [0.2, 0.25) is 0 Å². The molecule has 4 aliphatic rings. The van der Waals surface area contributed by atoms with Gasteiger partial charge in [-0.2, -0.15) is 4.98 Å². The van der Waals surface area contributed by atoms with Gasteiger partial charge in [0, 0.05) is 81.3 Å². The minimum absolute atomic E-state index is 0.0236. The van der Waals surface area contributed by atoms with Gasteiger partial charge < -0.3 is 29.5 Å². The molecule has 15 nitrogen and oxygen atoms in total. The summed E-state index contributed by atoms with van der Waals surface area (Å²) in [7, 11) is 3.52. The molecule has 8 rings (SSSR count). The summed E-state index contributed by atoms with van der Waals surface area (Å²) < 4.78 is 2.09. The second kappa shape index (κ2) is 14.7. The van der Waals surface area contributed by atoms with Gasteiger partial charge >= 0.3 is 0 Å². The largest absolute Gasteiger partial charge is 0.367 e. The molecule has 2 saturated heterocycles. The second-order valence-corrected chi connectivity index (χ2v) is 15.4. The standard InChI is InChI=1S/C38H42N10O5S/c1-44(2)37(53)29-18-23-19-40-38(43-34(23)48(29)24-6-3-4-7-24)41-31-12-10-25(20-39-31)45-14-16-46(17-15-45)33(50)22-54-30-9-5-8-26-27(30)21-47(36(26)52)28-11-13-32(49)42-35(28)51/h5,8-10,12,18-20,24,28H,3-4,6-7,11,13-17,21-22H2,1-2H3,(H,42,49,51)(H,39,40,41,43). The second-order valence-electron chi connectivity index (χ2n) is 14.4. The fourth-order valence-corrected chi connectivity index (χ4v) is 8.88. The summed E-state index contributed by atoms with van der Waals surface area (Å²) in [6.45, 7) is 2.73. The number of benzene rings is 1. The first-order valence-corrected chi connectivity index (χ1v) is 19.4. The molecular weight excluding hydrogens is 709 g/mol. The average molecular weight is 751 g/mol. The highest BCUT2D eigenvalue weighted by atomic mass is 32.2. The zero-order valence-electron chi connectivity index (χ0n) is 30.3. The van der Waals surface area contributed by atoms with E-state index in [2.05, 4.69) is 30.1 Å². The maximum Gasteiger partial charge on any atom is 0.270 e. The Bertz CT molecular complexity index is 2140. The molecule has 3 aliphatic heterocycles. The number of hydrogen-bond donors (Lipinski definition) is 2. The Morgan fingerprint density at radius 1 is 0.981 bits per heavy atom. The molecule has 1 unspecified atom stereocenters. The SMILES string of the molecule is CN(C)C(=O)c1cc2cnc(Nc3ccc(N4CCN(C(=O)CSc5cccc6c5CN(C5CCC(=O)NC5=O)C6=O)CC4)cn3)nc2n1C1CCCC1. The van der Waals surface area contributed by atoms with E-state index in [0.717, 1.165) is 52.9 Å². The molecular formula is C38H42N10O5S. The quantitative estimate of drug-likeness (QED) is 0.190. The first-order valence-electron chi connectivity index (χ1n) is 18.4. The summed E-state index contributed by atoms with van der Waals surface area (Å²) in [4.78, 5) is 85.7. The molecule has 6 heterocycles. The molecule has 1 aliphatic carbocycles. The molecule has 16 heteroatoms. The van der Waals surface area contributed by atoms with Crippen LogP contribution >= 0.6 is 11.8 Å². The molecule has 1 saturated carbocycles. The number of nitrogens with one attached hydrogen (secondary N) is 2. The summed E-state index contributed by atoms with van der Waals surface area (Å²) in [5, 5.41) is 6.39. The predicted octanol–water partition coefficient (Wildman–Crippen LogP) is 3.59. The van der Waals surface area contributed by atoms with Crippen molar-refractivity contribution in [3.05, 3.63) is 65.6 Å². The van der Waals surface area contributed by atoms with Crippen LogP contribution in [0.15, 0.2) is 53.7 Å². The van der Waals surface area contributed by atoms with Gasteiger partial charge in [0.15, 0.2) is 0 Å². The van der Waals surface area contributed by atoms with Gasteiger partial charge in [-0.05, 0) is 55.2 Å². The van der Waals surface area contributed by atoms with Gasteiger partial charge in [0.05, 0.1) is 17.6 Å². The Balaban J connectivity index is 0.860. The third-order valence-corrected chi connectivity index (χ3v) is 11.9. The number of imide groups is 1. The molecule has 54 heavy (non-hydrogen) atoms. The lowest BCUT2D eigenvalue weighted by molar-refractivity contribution is -0.137. The van der Waals surface area contributed by atoms with Gasteiger partial charge in [-0.3, -0.25) is 29.3 Å². The van der Waals surface area contributed by atoms with E-state index >= 15 is 0 Å². The summed E-state index contributed by atoms with van der Waals surface area (Å²) in [5.41, 5.74) is 3.68. The van der Waals surface area contributed by atoms with Crippen molar-refractivity contribution in [3.8, 4) is 0 Å². The monoisotopic (exact) mass is 750 g/mol. The lowest BCUT2D eigenvalue weighted by atomic mass is 10.0. The number of anilines is 3. The van der Waals surface area contributed by atoms with Crippen molar-refractivity contribution in [1.82, 2.24) is 39.5 Å². The molecule has 1 aromatic carbocycles. The van der Waals surface area contributed by atoms with Crippen LogP contribution in [0.1, 0.15) is 71.0 Å². The zero-order chi connectivity index (χ0) is 37.5. The first kappa shape index (κ1) is 35.5. The number of rotatable bonds is 9. The van der Waals surface area contributed by atoms with E-state index in [1.807, 2.05) is 29.2 Å². The van der Waals surface area contributed by atoms with E-state index in [4.69, 9.17) is 4.98 Å². The normalized spacial score (nSPS) is 19.0. The fraction of sp³-hybridized carbons (Fsp3) is 0.421. The van der Waals surface area contributed by atoms with Crippen LogP contribution in [0.25, 0.3) is 11.0 Å². The molecule has 0 radical (unpaired) electrons. The number of fused-ring (bicyclic) bond motifs is 2. The number of amides is 5. The zero-order valence-corrected chi connectivity index (χ0v) is 31.1. The average Bonchev–Trinajstić information content (AvgIpc) is 3.92. The van der Waals surface area contributed by atoms with E-state index in [0.29, 0.717) is 55.6 Å². The van der Waals surface area contributed by atoms with E-state index in [-0.39, 0.29) is 48.4 Å². The smallest absolute Gasteiger partial charge is 0.270 e. The van der Waals surface area contributed by atoms with Crippen LogP contribution in [0.5, 0.6) is 0 Å². The van der Waals surface area contributed by atoms with Crippen LogP contribution in [0.4, 0.5) is 17.5 Å². The number of pyridine rings is 1. The molecule has 4 aromatic rings. The Labute approximate surface area is 316 Å². The number of hydrogen-bond acceptors (Lipinski definition) is 11. The van der Waals surface area contributed by atoms with Crippen molar-refractivity contribution in [1.29, 1.82) is 0 Å². The number of nitrogens with zero attached hydrogens (tertiary/aromatic N) is 8. The van der Waals surface area contributed by atoms with Gasteiger partial charge in [0.1, 0.15) is 23.2 Å². The predicted molar refractivity (Wildman–Crippen MR) is 203 cm³/mol. The van der Waals surface area contributed by atoms with Gasteiger partial charge in [0.25, 0.3) is 11.8 Å². The summed E-state index contributed by atoms with van der Waals surface area (Å²) in [5.74, 6) is 0.228. The van der Waals surface area contributed by atoms with Gasteiger partial charge in [-0.15, -0.1) is 11.8 Å². The summed E-state index contributed by atoms with van der Waals surface area (Å²) >= 11 is 1.41. The van der Waals surface area contributed by atoms with Crippen molar-refractivity contribution in [2.45, 2.75) is 62.0 Å². The van der Waals surface area contributed by atoms with E-state index in [1.54, 1.807) is 43.5 Å². The minimum Gasteiger partial charge on any atom is -0.367 e. The third kappa shape index (κ3) is 6.85. The topological polar surface area (TPSA) is 166 Å². The number of aromatic nitrogens is 4. The van der Waals surface area contributed by atoms with Crippen molar-refractivity contribution in [2.24, 2.45) is 0 Å². The Kier molecular flexibility index (Phi) is 9.68. The van der Waals surface area contributed by atoms with Crippen molar-refractivity contribution < 1.29 is 24.0 Å². The summed E-state index contributed by atoms with van der Waals surface area (Å²) in [6, 6.07) is 10.8. The number of carbonyl (C=O) groups is 5. The van der Waals surface area contributed by atoms with E-state index in [1.165, 1.54) is 16.7 Å². The Hall–Kier alpha value is -5.51. The molecule has 3 fully saturated rings. The van der Waals surface area contributed by atoms with Crippen LogP contribution in [0, 0.1) is 0 Å². The highest BCUT2D eigenvalue weighted by molar-refractivity contribution is 8.00. The molecule has 0 bridgehead atoms. The molecule has 5 amide bonds. The Morgan fingerprint density at radius 2 is 1.78 bits per heavy atom. The highest BCUT2D eigenvalue weighted by Gasteiger charge is 2.40. The maximum atomic E-state index is 13.3. The maximum absolute atomic E-state index is 13.3. The highest BCUT2D eigenvalue weighted by Crippen LogP contribution is 2.36. The van der Waals surface area contributed by atoms with E-state index in [9.17, 15) is 24.0 Å². The third-order valence-electron chi connectivity index (χ3n) is 10.8. The first-order chi connectivity index (χ1) is 26.1. The minimum atomic E-state index is -0.680. The van der Waals surface area contributed by atoms with Crippen LogP contribution in [0.3, 0.4) is 0 Å². The molecule has 1 atom stereocenters. The van der Waals surface area contributed by atoms with Crippen LogP contribution in [-0.4, -0.2) is 116 Å². The van der Waals surface area contributed by atoms with E-state index < -0.39 is 11.9 Å². The Morgan fingerprint density at radius 3 is 2.50 bits per heavy atom. The number of carbonyl (C=O) groups excluding carboxylic acids is 5. The van der Waals surface area contributed by atoms with Crippen molar-refractivity contribution >= 4 is 69.8 Å². The number of thioether (sulfide) groups is 1. The number of piperazine rings is 1. The molecule has 3 aromatic heterocycles. The van der Waals surface area contributed by atoms with Gasteiger partial charge in [-0.25, -0.2) is 9.97 Å². The number of piperidine rings is 1. The van der Waals surface area contributed by atoms with Crippen LogP contribution in [-0.2, 0) is 20.9 Å². The lowest BCUT2D eigenvalue weighted by Gasteiger charge is -2.36. The molecule has 2 N–H and O–H groups in total. The summed E-state index contributed by atoms with van der Waals surface area (Å²) in [6.07, 6.45) is 8.35. The van der Waals surface area contributed by atoms with Gasteiger partial charge in [-0.1, -0.05) is 18.9 Å². The van der Waals surface area contributed by atoms with Crippen molar-refractivity contribution in [2.75, 3.05) is 56.2 Å². The van der Waals surface area contributed by atoms with Crippen molar-refractivity contribution in [3.63, 3.8) is 0 Å². The van der Waals surface area contributed by atoms with Crippen LogP contribution < -0.4 is 15.5 Å². The fourth-order valence-electron chi connectivity index (χ4n) is 7.89. The lowest BCUT2D eigenvalue weighted by Crippen LogP contribution is -2.52. The molecule has 280 valence electrons. The molecule has 0 spiro atoms.